The molecule has 3 amide bonds. The first-order valence-corrected chi connectivity index (χ1v) is 11.5. The molecule has 0 radical (unpaired) electrons. The van der Waals surface area contributed by atoms with Crippen molar-refractivity contribution in [1.29, 1.82) is 0 Å². The number of aromatic nitrogens is 1. The fourth-order valence-electron chi connectivity index (χ4n) is 4.08. The highest BCUT2D eigenvalue weighted by atomic mass is 32.1. The number of nitrogens with two attached hydrogens (primary N) is 2. The van der Waals surface area contributed by atoms with Crippen LogP contribution in [0.2, 0.25) is 0 Å². The van der Waals surface area contributed by atoms with Crippen LogP contribution in [0.4, 0.5) is 10.8 Å². The average Bonchev–Trinajstić information content (AvgIpc) is 3.22. The smallest absolute Gasteiger partial charge is 0.255 e. The largest absolute Gasteiger partial charge is 0.375 e. The molecule has 1 aliphatic rings. The Hall–Kier alpha value is -4.24. The summed E-state index contributed by atoms with van der Waals surface area (Å²) in [6, 6.07) is 17.4. The van der Waals surface area contributed by atoms with Crippen LogP contribution in [0.3, 0.4) is 0 Å². The van der Waals surface area contributed by atoms with Crippen LogP contribution in [-0.2, 0) is 13.0 Å². The molecule has 4 aromatic rings. The molecule has 5 N–H and O–H groups in total. The van der Waals surface area contributed by atoms with E-state index in [9.17, 15) is 14.4 Å². The van der Waals surface area contributed by atoms with Crippen molar-refractivity contribution in [3.8, 4) is 0 Å². The van der Waals surface area contributed by atoms with Gasteiger partial charge in [0.25, 0.3) is 11.8 Å². The molecule has 1 aromatic heterocycles. The molecule has 0 saturated heterocycles. The Morgan fingerprint density at radius 2 is 1.76 bits per heavy atom. The Morgan fingerprint density at radius 1 is 0.941 bits per heavy atom. The van der Waals surface area contributed by atoms with Crippen LogP contribution >= 0.6 is 11.3 Å². The number of amides is 3. The molecule has 9 heteroatoms. The van der Waals surface area contributed by atoms with Crippen LogP contribution in [0, 0.1) is 0 Å². The molecule has 5 rings (SSSR count). The summed E-state index contributed by atoms with van der Waals surface area (Å²) in [7, 11) is 0. The highest BCUT2D eigenvalue weighted by molar-refractivity contribution is 7.22. The number of carbonyl (C=O) groups is 3. The first kappa shape index (κ1) is 21.6. The van der Waals surface area contributed by atoms with Crippen LogP contribution in [0.15, 0.2) is 60.7 Å². The fourth-order valence-corrected chi connectivity index (χ4v) is 4.86. The van der Waals surface area contributed by atoms with Crippen LogP contribution in [-0.4, -0.2) is 34.2 Å². The van der Waals surface area contributed by atoms with Crippen LogP contribution in [0.5, 0.6) is 0 Å². The van der Waals surface area contributed by atoms with Gasteiger partial charge in [0.1, 0.15) is 0 Å². The van der Waals surface area contributed by atoms with Crippen LogP contribution < -0.4 is 16.8 Å². The first-order chi connectivity index (χ1) is 16.4. The van der Waals surface area contributed by atoms with Crippen LogP contribution in [0.25, 0.3) is 10.2 Å². The zero-order valence-corrected chi connectivity index (χ0v) is 18.9. The van der Waals surface area contributed by atoms with Gasteiger partial charge in [0.15, 0.2) is 5.13 Å². The number of fused-ring (bicyclic) bond motifs is 2. The van der Waals surface area contributed by atoms with Gasteiger partial charge in [-0.1, -0.05) is 23.5 Å². The number of carbonyl (C=O) groups excluding carboxylic acids is 3. The quantitative estimate of drug-likeness (QED) is 0.420. The van der Waals surface area contributed by atoms with Gasteiger partial charge in [-0.25, -0.2) is 4.98 Å². The lowest BCUT2D eigenvalue weighted by molar-refractivity contribution is 0.0734. The van der Waals surface area contributed by atoms with Gasteiger partial charge < -0.3 is 21.7 Å². The Kier molecular flexibility index (Phi) is 5.46. The zero-order chi connectivity index (χ0) is 23.8. The summed E-state index contributed by atoms with van der Waals surface area (Å²) >= 11 is 1.35. The van der Waals surface area contributed by atoms with Gasteiger partial charge in [0.05, 0.1) is 10.2 Å². The third-order valence-electron chi connectivity index (χ3n) is 5.82. The van der Waals surface area contributed by atoms with Crippen molar-refractivity contribution in [3.05, 3.63) is 88.5 Å². The average molecular weight is 472 g/mol. The van der Waals surface area contributed by atoms with E-state index in [1.165, 1.54) is 17.4 Å². The second-order valence-electron chi connectivity index (χ2n) is 8.09. The van der Waals surface area contributed by atoms with E-state index in [2.05, 4.69) is 10.3 Å². The minimum Gasteiger partial charge on any atom is -0.375 e. The molecule has 8 nitrogen and oxygen atoms in total. The topological polar surface area (TPSA) is 131 Å². The summed E-state index contributed by atoms with van der Waals surface area (Å²) in [5.41, 5.74) is 15.8. The van der Waals surface area contributed by atoms with E-state index in [0.717, 1.165) is 21.3 Å². The van der Waals surface area contributed by atoms with Gasteiger partial charge in [0.2, 0.25) is 5.91 Å². The number of nitrogens with zero attached hydrogens (tertiary/aromatic N) is 2. The van der Waals surface area contributed by atoms with E-state index in [-0.39, 0.29) is 11.8 Å². The van der Waals surface area contributed by atoms with E-state index in [1.54, 1.807) is 35.2 Å². The molecule has 0 spiro atoms. The van der Waals surface area contributed by atoms with Crippen molar-refractivity contribution in [3.63, 3.8) is 0 Å². The molecule has 0 unspecified atom stereocenters. The molecule has 170 valence electrons. The maximum Gasteiger partial charge on any atom is 0.255 e. The number of nitrogen functional groups attached to an aromatic ring is 1. The second-order valence-corrected chi connectivity index (χ2v) is 9.16. The molecule has 0 aliphatic carbocycles. The summed E-state index contributed by atoms with van der Waals surface area (Å²) in [6.07, 6.45) is 0.708. The summed E-state index contributed by atoms with van der Waals surface area (Å²) in [4.78, 5) is 43.4. The summed E-state index contributed by atoms with van der Waals surface area (Å²) < 4.78 is 0.875. The Labute approximate surface area is 199 Å². The maximum absolute atomic E-state index is 13.2. The predicted molar refractivity (Wildman–Crippen MR) is 132 cm³/mol. The summed E-state index contributed by atoms with van der Waals surface area (Å²) in [5.74, 6) is -0.939. The zero-order valence-electron chi connectivity index (χ0n) is 18.1. The van der Waals surface area contributed by atoms with Gasteiger partial charge in [0, 0.05) is 35.5 Å². The number of rotatable bonds is 4. The lowest BCUT2D eigenvalue weighted by Crippen LogP contribution is -2.36. The number of hydrogen-bond donors (Lipinski definition) is 3. The van der Waals surface area contributed by atoms with Crippen molar-refractivity contribution >= 4 is 50.1 Å². The Morgan fingerprint density at radius 3 is 2.59 bits per heavy atom. The van der Waals surface area contributed by atoms with Crippen molar-refractivity contribution in [1.82, 2.24) is 9.88 Å². The van der Waals surface area contributed by atoms with Crippen molar-refractivity contribution in [2.24, 2.45) is 5.73 Å². The standard InChI is InChI=1S/C25H21N5O3S/c26-22(31)15-2-1-3-19(11-15)28-23(32)16-5-4-14-8-9-30(13-18(14)10-16)24(33)17-6-7-20-21(12-17)34-25(27)29-20/h1-7,10-12H,8-9,13H2,(H2,26,31)(H2,27,29)(H,28,32). The molecule has 0 saturated carbocycles. The molecule has 2 heterocycles. The third kappa shape index (κ3) is 4.20. The lowest BCUT2D eigenvalue weighted by atomic mass is 9.96. The van der Waals surface area contributed by atoms with Gasteiger partial charge in [-0.15, -0.1) is 0 Å². The fraction of sp³-hybridized carbons (Fsp3) is 0.120. The number of hydrogen-bond acceptors (Lipinski definition) is 6. The van der Waals surface area contributed by atoms with Crippen LogP contribution in [0.1, 0.15) is 42.2 Å². The Balaban J connectivity index is 1.34. The number of nitrogens with one attached hydrogen (secondary N) is 1. The summed E-state index contributed by atoms with van der Waals surface area (Å²) in [5, 5.41) is 3.27. The van der Waals surface area contributed by atoms with Gasteiger partial charge in [-0.2, -0.15) is 0 Å². The number of primary amides is 1. The van der Waals surface area contributed by atoms with E-state index in [4.69, 9.17) is 11.5 Å². The third-order valence-corrected chi connectivity index (χ3v) is 6.67. The van der Waals surface area contributed by atoms with Gasteiger partial charge in [-0.3, -0.25) is 14.4 Å². The minimum absolute atomic E-state index is 0.0716. The van der Waals surface area contributed by atoms with Crippen molar-refractivity contribution in [2.45, 2.75) is 13.0 Å². The monoisotopic (exact) mass is 471 g/mol. The van der Waals surface area contributed by atoms with E-state index >= 15 is 0 Å². The number of benzene rings is 3. The molecule has 0 fully saturated rings. The second kappa shape index (κ2) is 8.60. The maximum atomic E-state index is 13.2. The van der Waals surface area contributed by atoms with Gasteiger partial charge in [-0.05, 0) is 66.1 Å². The molecule has 0 atom stereocenters. The minimum atomic E-state index is -0.562. The molecule has 34 heavy (non-hydrogen) atoms. The Bertz CT molecular complexity index is 1460. The lowest BCUT2D eigenvalue weighted by Gasteiger charge is -2.29. The van der Waals surface area contributed by atoms with E-state index in [0.29, 0.717) is 47.0 Å². The highest BCUT2D eigenvalue weighted by Crippen LogP contribution is 2.27. The number of anilines is 2. The summed E-state index contributed by atoms with van der Waals surface area (Å²) in [6.45, 7) is 1.01. The van der Waals surface area contributed by atoms with Gasteiger partial charge >= 0.3 is 0 Å². The first-order valence-electron chi connectivity index (χ1n) is 10.7. The normalized spacial score (nSPS) is 12.9. The molecule has 0 bridgehead atoms. The predicted octanol–water partition coefficient (Wildman–Crippen LogP) is 3.43. The SMILES string of the molecule is NC(=O)c1cccc(NC(=O)c2ccc3c(c2)CN(C(=O)c2ccc4nc(N)sc4c2)CC3)c1. The van der Waals surface area contributed by atoms with E-state index in [1.807, 2.05) is 24.3 Å². The number of thiazole rings is 1. The van der Waals surface area contributed by atoms with E-state index < -0.39 is 5.91 Å². The van der Waals surface area contributed by atoms with Crippen molar-refractivity contribution < 1.29 is 14.4 Å². The van der Waals surface area contributed by atoms with Crippen molar-refractivity contribution in [2.75, 3.05) is 17.6 Å². The highest BCUT2D eigenvalue weighted by Gasteiger charge is 2.23. The molecular formula is C25H21N5O3S. The molecular weight excluding hydrogens is 450 g/mol. The molecule has 1 aliphatic heterocycles. The molecule has 3 aromatic carbocycles.